The van der Waals surface area contributed by atoms with E-state index in [-0.39, 0.29) is 34.1 Å². The molecule has 14 heteroatoms. The fraction of sp³-hybridized carbons (Fsp3) is 0.667. The van der Waals surface area contributed by atoms with E-state index in [1.807, 2.05) is 56.4 Å². The van der Waals surface area contributed by atoms with E-state index in [0.29, 0.717) is 17.3 Å². The van der Waals surface area contributed by atoms with Crippen molar-refractivity contribution in [1.82, 2.24) is 19.6 Å². The molecule has 26 heavy (non-hydrogen) atoms. The predicted octanol–water partition coefficient (Wildman–Crippen LogP) is 1.51. The van der Waals surface area contributed by atoms with Gasteiger partial charge in [-0.3, -0.25) is 0 Å². The smallest absolute Gasteiger partial charge is 0.411 e. The normalized spacial score (nSPS) is 7.08. The van der Waals surface area contributed by atoms with Crippen LogP contribution >= 0.6 is 48.9 Å². The molecule has 0 atom stereocenters. The van der Waals surface area contributed by atoms with Gasteiger partial charge >= 0.3 is 34.1 Å². The summed E-state index contributed by atoms with van der Waals surface area (Å²) in [5.41, 5.74) is 0. The molecule has 0 saturated carbocycles. The molecule has 0 saturated heterocycles. The van der Waals surface area contributed by atoms with E-state index in [0.717, 1.165) is 0 Å². The molecular weight excluding hydrogens is 584 g/mol. The number of thiocarbonyl (C=S) groups is 4. The summed E-state index contributed by atoms with van der Waals surface area (Å²) >= 11 is 36.5. The van der Waals surface area contributed by atoms with Crippen LogP contribution in [0.4, 0.5) is 0 Å². The van der Waals surface area contributed by atoms with Crippen LogP contribution in [-0.4, -0.2) is 93.3 Å². The Kier molecular flexibility index (Phi) is 42.5. The maximum absolute atomic E-state index is 4.56. The first-order chi connectivity index (χ1) is 10.6. The van der Waals surface area contributed by atoms with Crippen molar-refractivity contribution >= 4 is 117 Å². The van der Waals surface area contributed by atoms with Gasteiger partial charge in [-0.25, -0.2) is 0 Å². The molecule has 0 aliphatic rings. The summed E-state index contributed by atoms with van der Waals surface area (Å²) in [6, 6.07) is 0. The average Bonchev–Trinajstić information content (AvgIpc) is 2.40. The summed E-state index contributed by atoms with van der Waals surface area (Å²) < 4.78 is 2.04. The Morgan fingerprint density at radius 2 is 0.462 bits per heavy atom. The van der Waals surface area contributed by atoms with E-state index in [1.54, 1.807) is 19.6 Å². The molecule has 0 bridgehead atoms. The summed E-state index contributed by atoms with van der Waals surface area (Å²) in [6.45, 7) is 0. The number of hydrogen-bond donors (Lipinski definition) is 0. The van der Waals surface area contributed by atoms with Crippen molar-refractivity contribution in [2.45, 2.75) is 0 Å². The number of hydrogen-bond acceptors (Lipinski definition) is 8. The summed E-state index contributed by atoms with van der Waals surface area (Å²) in [5.74, 6) is 0. The maximum Gasteiger partial charge on any atom is 2.00 e. The van der Waals surface area contributed by atoms with Crippen LogP contribution in [0.5, 0.6) is 0 Å². The second-order valence-electron chi connectivity index (χ2n) is 4.64. The van der Waals surface area contributed by atoms with Crippen LogP contribution in [0.2, 0.25) is 0 Å². The Hall–Kier alpha value is 1.48. The van der Waals surface area contributed by atoms with Crippen LogP contribution < -0.4 is 0 Å². The summed E-state index contributed by atoms with van der Waals surface area (Å²) in [5, 5.41) is 0. The molecule has 0 aromatic heterocycles. The fourth-order valence-electron chi connectivity index (χ4n) is 0. The zero-order chi connectivity index (χ0) is 20.6. The zero-order valence-electron chi connectivity index (χ0n) is 15.7. The third kappa shape index (κ3) is 50.0. The molecule has 0 aliphatic carbocycles. The minimum absolute atomic E-state index is 0. The summed E-state index contributed by atoms with van der Waals surface area (Å²) in [6.07, 6.45) is 0. The number of nitrogens with zero attached hydrogens (tertiary/aromatic N) is 4. The third-order valence-corrected chi connectivity index (χ3v) is 4.38. The fourth-order valence-corrected chi connectivity index (χ4v) is 0. The van der Waals surface area contributed by atoms with E-state index < -0.39 is 0 Å². The molecule has 0 spiro atoms. The van der Waals surface area contributed by atoms with Gasteiger partial charge < -0.3 is 119 Å². The van der Waals surface area contributed by atoms with Crippen LogP contribution in [0.1, 0.15) is 0 Å². The zero-order valence-corrected chi connectivity index (χ0v) is 24.1. The van der Waals surface area contributed by atoms with Gasteiger partial charge in [0, 0.05) is 56.4 Å². The molecule has 0 heterocycles. The van der Waals surface area contributed by atoms with Crippen LogP contribution in [0.3, 0.4) is 0 Å². The topological polar surface area (TPSA) is 13.0 Å². The Morgan fingerprint density at radius 1 is 0.423 bits per heavy atom. The molecule has 0 rings (SSSR count). The average molecular weight is 608 g/mol. The minimum atomic E-state index is 0. The van der Waals surface area contributed by atoms with Crippen molar-refractivity contribution in [3.8, 4) is 0 Å². The van der Waals surface area contributed by atoms with Crippen LogP contribution in [0, 0.1) is 0 Å². The molecule has 0 aromatic rings. The monoisotopic (exact) mass is 606 g/mol. The second kappa shape index (κ2) is 26.5. The molecule has 0 amide bonds. The summed E-state index contributed by atoms with van der Waals surface area (Å²) in [7, 11) is 14.6. The van der Waals surface area contributed by atoms with Gasteiger partial charge in [-0.15, -0.1) is 0 Å². The molecule has 2 radical (unpaired) electrons. The summed E-state index contributed by atoms with van der Waals surface area (Å²) in [4.78, 5) is 6.85. The first-order valence-corrected chi connectivity index (χ1v) is 9.37. The SMILES string of the molecule is CN(C)C(=S)[S-].CN(C)C(=S)[S-].CN(C)C(=S)[S-].CN(C)C(=S)[S-].[Cu+2].[Cu+2]. The Labute approximate surface area is 224 Å². The first-order valence-electron chi connectivity index (χ1n) is 6.11. The van der Waals surface area contributed by atoms with E-state index in [9.17, 15) is 0 Å². The van der Waals surface area contributed by atoms with Crippen molar-refractivity contribution in [1.29, 1.82) is 0 Å². The van der Waals surface area contributed by atoms with Gasteiger partial charge in [-0.1, -0.05) is 17.3 Å². The van der Waals surface area contributed by atoms with Crippen molar-refractivity contribution in [3.05, 3.63) is 0 Å². The number of rotatable bonds is 0. The van der Waals surface area contributed by atoms with Crippen LogP contribution in [0.15, 0.2) is 0 Å². The second-order valence-corrected chi connectivity index (χ2v) is 8.77. The van der Waals surface area contributed by atoms with Crippen molar-refractivity contribution in [2.24, 2.45) is 0 Å². The van der Waals surface area contributed by atoms with E-state index in [2.05, 4.69) is 99.4 Å². The van der Waals surface area contributed by atoms with Crippen LogP contribution in [-0.2, 0) is 84.7 Å². The molecule has 0 unspecified atom stereocenters. The maximum atomic E-state index is 4.56. The van der Waals surface area contributed by atoms with E-state index in [4.69, 9.17) is 0 Å². The van der Waals surface area contributed by atoms with Gasteiger partial charge in [0.15, 0.2) is 0 Å². The molecule has 0 aromatic carbocycles. The van der Waals surface area contributed by atoms with E-state index >= 15 is 0 Å². The Morgan fingerprint density at radius 3 is 0.462 bits per heavy atom. The third-order valence-electron chi connectivity index (χ3n) is 1.46. The quantitative estimate of drug-likeness (QED) is 0.225. The van der Waals surface area contributed by atoms with Gasteiger partial charge in [0.25, 0.3) is 0 Å². The van der Waals surface area contributed by atoms with Crippen LogP contribution in [0.25, 0.3) is 0 Å². The van der Waals surface area contributed by atoms with Gasteiger partial charge in [0.1, 0.15) is 0 Å². The molecule has 0 fully saturated rings. The molecule has 0 N–H and O–H groups in total. The van der Waals surface area contributed by atoms with Gasteiger partial charge in [-0.2, -0.15) is 0 Å². The standard InChI is InChI=1S/4C3H7NS2.2Cu/c4*1-4(2)3(5)6;;/h4*1-2H3,(H,5,6);;/q;;;;2*+2/p-4. The van der Waals surface area contributed by atoms with Crippen molar-refractivity contribution in [2.75, 3.05) is 56.4 Å². The van der Waals surface area contributed by atoms with Gasteiger partial charge in [0.05, 0.1) is 0 Å². The van der Waals surface area contributed by atoms with E-state index in [1.165, 1.54) is 0 Å². The minimum Gasteiger partial charge on any atom is -0.411 e. The Bertz CT molecular complexity index is 321. The van der Waals surface area contributed by atoms with Gasteiger partial charge in [-0.05, 0) is 0 Å². The largest absolute Gasteiger partial charge is 2.00 e. The molecule has 4 nitrogen and oxygen atoms in total. The molecular formula is C12H24Cu2N4S8. The van der Waals surface area contributed by atoms with Crippen molar-refractivity contribution in [3.63, 3.8) is 0 Å². The molecule has 0 aliphatic heterocycles. The van der Waals surface area contributed by atoms with Gasteiger partial charge in [0.2, 0.25) is 0 Å². The Balaban J connectivity index is -0.0000000500. The van der Waals surface area contributed by atoms with Crippen molar-refractivity contribution < 1.29 is 34.1 Å². The molecule has 162 valence electrons. The predicted molar refractivity (Wildman–Crippen MR) is 135 cm³/mol. The first kappa shape index (κ1) is 41.8.